The maximum atomic E-state index is 10.8. The summed E-state index contributed by atoms with van der Waals surface area (Å²) in [7, 11) is 0. The van der Waals surface area contributed by atoms with Crippen LogP contribution in [0.15, 0.2) is 24.3 Å². The van der Waals surface area contributed by atoms with E-state index in [0.717, 1.165) is 51.1 Å². The Hall–Kier alpha value is -1.59. The van der Waals surface area contributed by atoms with Crippen molar-refractivity contribution in [2.75, 3.05) is 19.8 Å². The Balaban J connectivity index is 1.38. The monoisotopic (exact) mass is 350 g/mol. The molecular formula is C20H30O5. The van der Waals surface area contributed by atoms with Gasteiger partial charge in [0.25, 0.3) is 0 Å². The molecule has 0 saturated carbocycles. The largest absolute Gasteiger partial charge is 0.494 e. The number of carbonyl (C=O) groups is 1. The van der Waals surface area contributed by atoms with Gasteiger partial charge in [-0.25, -0.2) is 4.79 Å². The molecule has 1 aromatic carbocycles. The average Bonchev–Trinajstić information content (AvgIpc) is 2.64. The molecule has 1 heterocycles. The van der Waals surface area contributed by atoms with Gasteiger partial charge in [-0.2, -0.15) is 0 Å². The molecule has 1 saturated heterocycles. The Morgan fingerprint density at radius 1 is 1.00 bits per heavy atom. The van der Waals surface area contributed by atoms with Crippen LogP contribution >= 0.6 is 0 Å². The third kappa shape index (κ3) is 8.36. The Morgan fingerprint density at radius 2 is 1.68 bits per heavy atom. The molecule has 0 spiro atoms. The minimum atomic E-state index is -0.914. The first kappa shape index (κ1) is 19.7. The molecule has 1 aliphatic heterocycles. The van der Waals surface area contributed by atoms with Gasteiger partial charge in [-0.3, -0.25) is 0 Å². The molecule has 0 bridgehead atoms. The lowest BCUT2D eigenvalue weighted by Crippen LogP contribution is -2.22. The highest BCUT2D eigenvalue weighted by atomic mass is 16.7. The van der Waals surface area contributed by atoms with E-state index < -0.39 is 5.97 Å². The molecule has 1 unspecified atom stereocenters. The molecule has 1 atom stereocenters. The fraction of sp³-hybridized carbons (Fsp3) is 0.650. The van der Waals surface area contributed by atoms with E-state index in [2.05, 4.69) is 0 Å². The highest BCUT2D eigenvalue weighted by Gasteiger charge is 2.13. The molecule has 1 aliphatic rings. The van der Waals surface area contributed by atoms with Gasteiger partial charge >= 0.3 is 5.97 Å². The molecule has 1 fully saturated rings. The summed E-state index contributed by atoms with van der Waals surface area (Å²) in [5, 5.41) is 8.84. The van der Waals surface area contributed by atoms with Crippen LogP contribution in [-0.2, 0) is 9.47 Å². The first-order valence-corrected chi connectivity index (χ1v) is 9.45. The van der Waals surface area contributed by atoms with Crippen LogP contribution in [0, 0.1) is 0 Å². The summed E-state index contributed by atoms with van der Waals surface area (Å²) in [5.74, 6) is -0.185. The van der Waals surface area contributed by atoms with Crippen molar-refractivity contribution in [2.24, 2.45) is 0 Å². The first-order chi connectivity index (χ1) is 12.3. The molecule has 1 N–H and O–H groups in total. The number of hydrogen-bond acceptors (Lipinski definition) is 4. The summed E-state index contributed by atoms with van der Waals surface area (Å²) in [6, 6.07) is 6.55. The molecule has 0 amide bonds. The Bertz CT molecular complexity index is 479. The number of rotatable bonds is 12. The second-order valence-electron chi connectivity index (χ2n) is 6.47. The molecular weight excluding hydrogens is 320 g/mol. The molecule has 0 aliphatic carbocycles. The van der Waals surface area contributed by atoms with Crippen molar-refractivity contribution in [1.29, 1.82) is 0 Å². The Morgan fingerprint density at radius 3 is 2.32 bits per heavy atom. The van der Waals surface area contributed by atoms with Crippen molar-refractivity contribution in [2.45, 2.75) is 64.1 Å². The summed E-state index contributed by atoms with van der Waals surface area (Å²) in [4.78, 5) is 10.8. The van der Waals surface area contributed by atoms with Crippen molar-refractivity contribution >= 4 is 5.97 Å². The SMILES string of the molecule is O=C(O)c1ccc(OCCCCCCCCOC2CCCCO2)cc1. The van der Waals surface area contributed by atoms with Crippen molar-refractivity contribution in [3.63, 3.8) is 0 Å². The third-order valence-electron chi connectivity index (χ3n) is 4.35. The molecule has 0 radical (unpaired) electrons. The molecule has 1 aromatic rings. The van der Waals surface area contributed by atoms with E-state index in [1.165, 1.54) is 25.7 Å². The van der Waals surface area contributed by atoms with Crippen LogP contribution in [0.2, 0.25) is 0 Å². The van der Waals surface area contributed by atoms with Crippen molar-refractivity contribution in [3.05, 3.63) is 29.8 Å². The van der Waals surface area contributed by atoms with Crippen LogP contribution in [0.25, 0.3) is 0 Å². The van der Waals surface area contributed by atoms with Crippen LogP contribution < -0.4 is 4.74 Å². The van der Waals surface area contributed by atoms with E-state index in [-0.39, 0.29) is 11.9 Å². The number of unbranched alkanes of at least 4 members (excludes halogenated alkanes) is 5. The molecule has 25 heavy (non-hydrogen) atoms. The van der Waals surface area contributed by atoms with Gasteiger partial charge in [-0.1, -0.05) is 25.7 Å². The molecule has 140 valence electrons. The lowest BCUT2D eigenvalue weighted by molar-refractivity contribution is -0.162. The number of carboxylic acids is 1. The van der Waals surface area contributed by atoms with E-state index >= 15 is 0 Å². The number of benzene rings is 1. The number of carboxylic acid groups (broad SMARTS) is 1. The molecule has 5 heteroatoms. The van der Waals surface area contributed by atoms with Gasteiger partial charge < -0.3 is 19.3 Å². The predicted octanol–water partition coefficient (Wildman–Crippen LogP) is 4.65. The molecule has 2 rings (SSSR count). The minimum absolute atomic E-state index is 0.0375. The number of hydrogen-bond donors (Lipinski definition) is 1. The van der Waals surface area contributed by atoms with E-state index in [9.17, 15) is 4.79 Å². The van der Waals surface area contributed by atoms with Crippen LogP contribution in [-0.4, -0.2) is 37.2 Å². The third-order valence-corrected chi connectivity index (χ3v) is 4.35. The fourth-order valence-electron chi connectivity index (χ4n) is 2.85. The Kier molecular flexibility index (Phi) is 9.37. The Labute approximate surface area is 150 Å². The number of aromatic carboxylic acids is 1. The topological polar surface area (TPSA) is 65.0 Å². The molecule has 0 aromatic heterocycles. The first-order valence-electron chi connectivity index (χ1n) is 9.45. The van der Waals surface area contributed by atoms with Crippen LogP contribution in [0.5, 0.6) is 5.75 Å². The summed E-state index contributed by atoms with van der Waals surface area (Å²) in [6.07, 6.45) is 10.4. The number of ether oxygens (including phenoxy) is 3. The van der Waals surface area contributed by atoms with Crippen molar-refractivity contribution < 1.29 is 24.1 Å². The smallest absolute Gasteiger partial charge is 0.335 e. The van der Waals surface area contributed by atoms with Gasteiger partial charge in [-0.05, 0) is 56.4 Å². The normalized spacial score (nSPS) is 17.4. The van der Waals surface area contributed by atoms with Gasteiger partial charge in [0.15, 0.2) is 6.29 Å². The zero-order chi connectivity index (χ0) is 17.7. The fourth-order valence-corrected chi connectivity index (χ4v) is 2.85. The standard InChI is InChI=1S/C20H30O5/c21-20(22)17-10-12-18(13-11-17)23-14-6-3-1-2-4-7-15-24-19-9-5-8-16-25-19/h10-13,19H,1-9,14-16H2,(H,21,22). The van der Waals surface area contributed by atoms with E-state index in [1.807, 2.05) is 0 Å². The highest BCUT2D eigenvalue weighted by Crippen LogP contribution is 2.15. The van der Waals surface area contributed by atoms with E-state index in [1.54, 1.807) is 24.3 Å². The summed E-state index contributed by atoms with van der Waals surface area (Å²) in [5.41, 5.74) is 0.284. The second kappa shape index (κ2) is 11.9. The van der Waals surface area contributed by atoms with Gasteiger partial charge in [0.1, 0.15) is 5.75 Å². The lowest BCUT2D eigenvalue weighted by atomic mass is 10.1. The average molecular weight is 350 g/mol. The van der Waals surface area contributed by atoms with Crippen molar-refractivity contribution in [1.82, 2.24) is 0 Å². The molecule has 5 nitrogen and oxygen atoms in total. The van der Waals surface area contributed by atoms with Gasteiger partial charge in [0.2, 0.25) is 0 Å². The predicted molar refractivity (Wildman–Crippen MR) is 96.1 cm³/mol. The summed E-state index contributed by atoms with van der Waals surface area (Å²) < 4.78 is 16.9. The quantitative estimate of drug-likeness (QED) is 0.556. The van der Waals surface area contributed by atoms with Crippen LogP contribution in [0.4, 0.5) is 0 Å². The van der Waals surface area contributed by atoms with Gasteiger partial charge in [-0.15, -0.1) is 0 Å². The highest BCUT2D eigenvalue weighted by molar-refractivity contribution is 5.87. The lowest BCUT2D eigenvalue weighted by Gasteiger charge is -2.22. The zero-order valence-corrected chi connectivity index (χ0v) is 15.0. The van der Waals surface area contributed by atoms with Gasteiger partial charge in [0.05, 0.1) is 12.2 Å². The zero-order valence-electron chi connectivity index (χ0n) is 15.0. The van der Waals surface area contributed by atoms with Crippen LogP contribution in [0.3, 0.4) is 0 Å². The van der Waals surface area contributed by atoms with E-state index in [0.29, 0.717) is 6.61 Å². The van der Waals surface area contributed by atoms with E-state index in [4.69, 9.17) is 19.3 Å². The summed E-state index contributed by atoms with van der Waals surface area (Å²) >= 11 is 0. The van der Waals surface area contributed by atoms with Crippen LogP contribution in [0.1, 0.15) is 68.1 Å². The maximum absolute atomic E-state index is 10.8. The maximum Gasteiger partial charge on any atom is 0.335 e. The minimum Gasteiger partial charge on any atom is -0.494 e. The summed E-state index contributed by atoms with van der Waals surface area (Å²) in [6.45, 7) is 2.32. The van der Waals surface area contributed by atoms with Gasteiger partial charge in [0, 0.05) is 13.2 Å². The second-order valence-corrected chi connectivity index (χ2v) is 6.47. The van der Waals surface area contributed by atoms with Crippen molar-refractivity contribution in [3.8, 4) is 5.75 Å².